The van der Waals surface area contributed by atoms with Gasteiger partial charge in [0.1, 0.15) is 0 Å². The lowest BCUT2D eigenvalue weighted by molar-refractivity contribution is -0.128. The van der Waals surface area contributed by atoms with E-state index in [1.807, 2.05) is 11.0 Å². The first-order valence-corrected chi connectivity index (χ1v) is 7.06. The van der Waals surface area contributed by atoms with Gasteiger partial charge in [-0.15, -0.1) is 11.3 Å². The Balaban J connectivity index is 1.88. The highest BCUT2D eigenvalue weighted by atomic mass is 35.5. The fourth-order valence-electron chi connectivity index (χ4n) is 2.10. The summed E-state index contributed by atoms with van der Waals surface area (Å²) in [7, 11) is 0. The monoisotopic (exact) mass is 272 g/mol. The Morgan fingerprint density at radius 3 is 2.82 bits per heavy atom. The number of carbonyl (C=O) groups is 1. The molecule has 5 heteroatoms. The number of thiophene rings is 1. The number of hydrogen-bond acceptors (Lipinski definition) is 3. The fraction of sp³-hybridized carbons (Fsp3) is 0.583. The normalized spacial score (nSPS) is 18.1. The molecule has 0 radical (unpaired) electrons. The van der Waals surface area contributed by atoms with Gasteiger partial charge in [0, 0.05) is 44.5 Å². The van der Waals surface area contributed by atoms with Crippen molar-refractivity contribution in [1.29, 1.82) is 0 Å². The van der Waals surface area contributed by atoms with Crippen LogP contribution in [0.15, 0.2) is 12.1 Å². The molecule has 1 amide bonds. The van der Waals surface area contributed by atoms with Gasteiger partial charge in [-0.25, -0.2) is 0 Å². The highest BCUT2D eigenvalue weighted by Gasteiger charge is 2.16. The van der Waals surface area contributed by atoms with Crippen LogP contribution < -0.4 is 0 Å². The zero-order chi connectivity index (χ0) is 12.3. The summed E-state index contributed by atoms with van der Waals surface area (Å²) in [5.41, 5.74) is 0. The van der Waals surface area contributed by atoms with E-state index in [9.17, 15) is 4.79 Å². The lowest BCUT2D eigenvalue weighted by atomic mass is 10.3. The van der Waals surface area contributed by atoms with Crippen molar-refractivity contribution in [1.82, 2.24) is 9.80 Å². The van der Waals surface area contributed by atoms with Crippen molar-refractivity contribution in [3.05, 3.63) is 21.3 Å². The first kappa shape index (κ1) is 12.9. The van der Waals surface area contributed by atoms with Crippen LogP contribution in [0.4, 0.5) is 0 Å². The van der Waals surface area contributed by atoms with E-state index in [0.717, 1.165) is 43.5 Å². The average molecular weight is 273 g/mol. The third kappa shape index (κ3) is 3.69. The molecule has 0 N–H and O–H groups in total. The molecule has 17 heavy (non-hydrogen) atoms. The van der Waals surface area contributed by atoms with Crippen LogP contribution in [-0.2, 0) is 11.3 Å². The van der Waals surface area contributed by atoms with Gasteiger partial charge in [-0.1, -0.05) is 11.6 Å². The molecule has 0 unspecified atom stereocenters. The van der Waals surface area contributed by atoms with E-state index in [1.165, 1.54) is 4.88 Å². The number of halogens is 1. The van der Waals surface area contributed by atoms with Gasteiger partial charge in [0.25, 0.3) is 0 Å². The number of rotatable bonds is 2. The van der Waals surface area contributed by atoms with E-state index in [0.29, 0.717) is 0 Å². The molecule has 0 saturated carbocycles. The summed E-state index contributed by atoms with van der Waals surface area (Å²) in [6, 6.07) is 4.03. The average Bonchev–Trinajstić information content (AvgIpc) is 2.54. The molecule has 0 bridgehead atoms. The number of amides is 1. The summed E-state index contributed by atoms with van der Waals surface area (Å²) < 4.78 is 0.847. The van der Waals surface area contributed by atoms with Crippen LogP contribution in [0, 0.1) is 0 Å². The van der Waals surface area contributed by atoms with Crippen LogP contribution in [0.1, 0.15) is 18.2 Å². The first-order valence-electron chi connectivity index (χ1n) is 5.87. The minimum absolute atomic E-state index is 0.186. The lowest BCUT2D eigenvalue weighted by Crippen LogP contribution is -2.33. The maximum absolute atomic E-state index is 11.3. The Labute approximate surface area is 111 Å². The Morgan fingerprint density at radius 1 is 1.35 bits per heavy atom. The molecule has 2 heterocycles. The third-order valence-electron chi connectivity index (χ3n) is 3.04. The zero-order valence-corrected chi connectivity index (χ0v) is 11.6. The number of nitrogens with zero attached hydrogens (tertiary/aromatic N) is 2. The van der Waals surface area contributed by atoms with Crippen molar-refractivity contribution in [3.8, 4) is 0 Å². The predicted molar refractivity (Wildman–Crippen MR) is 71.5 cm³/mol. The SMILES string of the molecule is CC(=O)N1CCCN(Cc2ccc(Cl)s2)CC1. The molecule has 1 fully saturated rings. The molecule has 1 aromatic rings. The van der Waals surface area contributed by atoms with Crippen molar-refractivity contribution in [2.45, 2.75) is 19.9 Å². The Bertz CT molecular complexity index is 394. The van der Waals surface area contributed by atoms with Crippen molar-refractivity contribution in [2.75, 3.05) is 26.2 Å². The number of hydrogen-bond donors (Lipinski definition) is 0. The van der Waals surface area contributed by atoms with E-state index in [-0.39, 0.29) is 5.91 Å². The maximum atomic E-state index is 11.3. The van der Waals surface area contributed by atoms with Crippen molar-refractivity contribution >= 4 is 28.8 Å². The van der Waals surface area contributed by atoms with Gasteiger partial charge >= 0.3 is 0 Å². The summed E-state index contributed by atoms with van der Waals surface area (Å²) >= 11 is 7.56. The van der Waals surface area contributed by atoms with Gasteiger partial charge in [0.2, 0.25) is 5.91 Å². The second kappa shape index (κ2) is 5.85. The van der Waals surface area contributed by atoms with Gasteiger partial charge in [-0.05, 0) is 18.6 Å². The van der Waals surface area contributed by atoms with Crippen LogP contribution in [0.5, 0.6) is 0 Å². The Kier molecular flexibility index (Phi) is 4.42. The van der Waals surface area contributed by atoms with Crippen LogP contribution >= 0.6 is 22.9 Å². The predicted octanol–water partition coefficient (Wildman–Crippen LogP) is 2.46. The molecule has 94 valence electrons. The molecular formula is C12H17ClN2OS. The van der Waals surface area contributed by atoms with Gasteiger partial charge in [-0.3, -0.25) is 9.69 Å². The van der Waals surface area contributed by atoms with Crippen LogP contribution in [0.25, 0.3) is 0 Å². The summed E-state index contributed by atoms with van der Waals surface area (Å²) in [6.45, 7) is 6.33. The molecule has 0 aliphatic carbocycles. The minimum atomic E-state index is 0.186. The maximum Gasteiger partial charge on any atom is 0.219 e. The second-order valence-electron chi connectivity index (χ2n) is 4.34. The van der Waals surface area contributed by atoms with Crippen LogP contribution in [0.2, 0.25) is 4.34 Å². The van der Waals surface area contributed by atoms with Crippen LogP contribution in [-0.4, -0.2) is 41.9 Å². The summed E-state index contributed by atoms with van der Waals surface area (Å²) in [4.78, 5) is 16.9. The van der Waals surface area contributed by atoms with Crippen molar-refractivity contribution in [2.24, 2.45) is 0 Å². The second-order valence-corrected chi connectivity index (χ2v) is 6.14. The molecular weight excluding hydrogens is 256 g/mol. The van der Waals surface area contributed by atoms with Crippen molar-refractivity contribution in [3.63, 3.8) is 0 Å². The molecule has 2 rings (SSSR count). The molecule has 3 nitrogen and oxygen atoms in total. The highest BCUT2D eigenvalue weighted by molar-refractivity contribution is 7.16. The molecule has 0 spiro atoms. The lowest BCUT2D eigenvalue weighted by Gasteiger charge is -2.20. The summed E-state index contributed by atoms with van der Waals surface area (Å²) in [5, 5.41) is 0. The Morgan fingerprint density at radius 2 is 2.18 bits per heavy atom. The van der Waals surface area contributed by atoms with E-state index < -0.39 is 0 Å². The van der Waals surface area contributed by atoms with E-state index in [2.05, 4.69) is 11.0 Å². The largest absolute Gasteiger partial charge is 0.342 e. The Hall–Kier alpha value is -0.580. The summed E-state index contributed by atoms with van der Waals surface area (Å²) in [6.07, 6.45) is 1.05. The van der Waals surface area contributed by atoms with Gasteiger partial charge in [0.05, 0.1) is 4.34 Å². The van der Waals surface area contributed by atoms with Gasteiger partial charge < -0.3 is 4.90 Å². The summed E-state index contributed by atoms with van der Waals surface area (Å²) in [5.74, 6) is 0.186. The molecule has 1 aliphatic rings. The van der Waals surface area contributed by atoms with Gasteiger partial charge in [0.15, 0.2) is 0 Å². The van der Waals surface area contributed by atoms with Gasteiger partial charge in [-0.2, -0.15) is 0 Å². The third-order valence-corrected chi connectivity index (χ3v) is 4.26. The highest BCUT2D eigenvalue weighted by Crippen LogP contribution is 2.23. The topological polar surface area (TPSA) is 23.6 Å². The standard InChI is InChI=1S/C12H17ClN2OS/c1-10(16)15-6-2-5-14(7-8-15)9-11-3-4-12(13)17-11/h3-4H,2,5-9H2,1H3. The minimum Gasteiger partial charge on any atom is -0.342 e. The van der Waals surface area contributed by atoms with E-state index in [1.54, 1.807) is 18.3 Å². The smallest absolute Gasteiger partial charge is 0.219 e. The molecule has 1 saturated heterocycles. The quantitative estimate of drug-likeness (QED) is 0.826. The van der Waals surface area contributed by atoms with E-state index >= 15 is 0 Å². The fourth-order valence-corrected chi connectivity index (χ4v) is 3.23. The van der Waals surface area contributed by atoms with E-state index in [4.69, 9.17) is 11.6 Å². The zero-order valence-electron chi connectivity index (χ0n) is 9.99. The van der Waals surface area contributed by atoms with Crippen molar-refractivity contribution < 1.29 is 4.79 Å². The number of carbonyl (C=O) groups excluding carboxylic acids is 1. The molecule has 1 aromatic heterocycles. The van der Waals surface area contributed by atoms with Crippen LogP contribution in [0.3, 0.4) is 0 Å². The first-order chi connectivity index (χ1) is 8.15. The molecule has 0 aromatic carbocycles. The molecule has 0 atom stereocenters. The molecule has 1 aliphatic heterocycles.